The number of methoxy groups -OCH3 is 1. The van der Waals surface area contributed by atoms with Gasteiger partial charge in [-0.1, -0.05) is 18.2 Å². The Hall–Kier alpha value is -2.54. The number of amides is 1. The van der Waals surface area contributed by atoms with Gasteiger partial charge in [-0.2, -0.15) is 0 Å². The van der Waals surface area contributed by atoms with E-state index in [0.717, 1.165) is 0 Å². The highest BCUT2D eigenvalue weighted by Gasteiger charge is 2.08. The average molecular weight is 318 g/mol. The first-order chi connectivity index (χ1) is 11.2. The Balaban J connectivity index is 1.87. The van der Waals surface area contributed by atoms with Crippen molar-refractivity contribution in [3.63, 3.8) is 0 Å². The first kappa shape index (κ1) is 16.8. The van der Waals surface area contributed by atoms with Gasteiger partial charge in [0.2, 0.25) is 5.95 Å². The summed E-state index contributed by atoms with van der Waals surface area (Å²) in [6, 6.07) is 8.14. The third-order valence-corrected chi connectivity index (χ3v) is 3.12. The number of carbonyl (C=O) groups excluding carboxylic acids is 1. The molecule has 0 aliphatic carbocycles. The van der Waals surface area contributed by atoms with Gasteiger partial charge in [-0.05, 0) is 24.1 Å². The number of nitrogens with one attached hydrogen (secondary N) is 2. The molecule has 1 aromatic carbocycles. The average Bonchev–Trinajstić information content (AvgIpc) is 2.57. The summed E-state index contributed by atoms with van der Waals surface area (Å²) < 4.78 is 18.4. The Morgan fingerprint density at radius 2 is 2.09 bits per heavy atom. The third-order valence-electron chi connectivity index (χ3n) is 3.12. The number of hydrogen-bond donors (Lipinski definition) is 2. The van der Waals surface area contributed by atoms with Crippen LogP contribution >= 0.6 is 0 Å². The lowest BCUT2D eigenvalue weighted by atomic mass is 10.1. The highest BCUT2D eigenvalue weighted by Crippen LogP contribution is 2.07. The monoisotopic (exact) mass is 318 g/mol. The minimum Gasteiger partial charge on any atom is -0.383 e. The molecule has 2 N–H and O–H groups in total. The van der Waals surface area contributed by atoms with Gasteiger partial charge in [0.1, 0.15) is 11.5 Å². The molecule has 0 saturated carbocycles. The number of carbonyl (C=O) groups is 1. The molecule has 1 heterocycles. The van der Waals surface area contributed by atoms with Crippen molar-refractivity contribution in [2.45, 2.75) is 6.42 Å². The molecular weight excluding hydrogens is 299 g/mol. The van der Waals surface area contributed by atoms with E-state index in [0.29, 0.717) is 37.6 Å². The highest BCUT2D eigenvalue weighted by molar-refractivity contribution is 5.92. The summed E-state index contributed by atoms with van der Waals surface area (Å²) in [7, 11) is 1.56. The molecule has 7 heteroatoms. The van der Waals surface area contributed by atoms with Crippen LogP contribution in [0.1, 0.15) is 16.1 Å². The number of benzene rings is 1. The van der Waals surface area contributed by atoms with E-state index in [-0.39, 0.29) is 17.4 Å². The summed E-state index contributed by atoms with van der Waals surface area (Å²) in [5, 5.41) is 5.67. The molecule has 0 radical (unpaired) electrons. The fourth-order valence-electron chi connectivity index (χ4n) is 1.94. The Morgan fingerprint density at radius 1 is 1.26 bits per heavy atom. The molecule has 1 amide bonds. The van der Waals surface area contributed by atoms with Crippen LogP contribution in [0.25, 0.3) is 0 Å². The Bertz CT molecular complexity index is 651. The Kier molecular flexibility index (Phi) is 6.43. The van der Waals surface area contributed by atoms with Crippen LogP contribution in [0.15, 0.2) is 36.5 Å². The third kappa shape index (κ3) is 5.30. The molecule has 0 bridgehead atoms. The largest absolute Gasteiger partial charge is 0.383 e. The summed E-state index contributed by atoms with van der Waals surface area (Å²) in [5.41, 5.74) is 0.887. The van der Waals surface area contributed by atoms with E-state index < -0.39 is 0 Å². The van der Waals surface area contributed by atoms with Gasteiger partial charge < -0.3 is 15.4 Å². The fourth-order valence-corrected chi connectivity index (χ4v) is 1.94. The minimum atomic E-state index is -0.290. The molecule has 0 saturated heterocycles. The molecule has 0 aliphatic heterocycles. The zero-order chi connectivity index (χ0) is 16.5. The van der Waals surface area contributed by atoms with E-state index in [2.05, 4.69) is 20.6 Å². The van der Waals surface area contributed by atoms with Crippen molar-refractivity contribution in [1.29, 1.82) is 0 Å². The second kappa shape index (κ2) is 8.79. The van der Waals surface area contributed by atoms with E-state index in [9.17, 15) is 9.18 Å². The van der Waals surface area contributed by atoms with E-state index in [4.69, 9.17) is 4.74 Å². The number of anilines is 1. The Labute approximate surface area is 134 Å². The molecule has 2 rings (SSSR count). The second-order valence-corrected chi connectivity index (χ2v) is 4.78. The van der Waals surface area contributed by atoms with Crippen LogP contribution in [-0.2, 0) is 11.2 Å². The van der Waals surface area contributed by atoms with Crippen LogP contribution < -0.4 is 10.6 Å². The first-order valence-corrected chi connectivity index (χ1v) is 7.28. The molecule has 0 atom stereocenters. The lowest BCUT2D eigenvalue weighted by Crippen LogP contribution is -2.28. The number of aromatic nitrogens is 2. The quantitative estimate of drug-likeness (QED) is 0.724. The standard InChI is InChI=1S/C16H19FN4O2/c1-23-11-10-18-15(22)14-7-9-20-16(21-14)19-8-6-12-4-2-3-5-13(12)17/h2-5,7,9H,6,8,10-11H2,1H3,(H,18,22)(H,19,20,21). The van der Waals surface area contributed by atoms with Crippen LogP contribution in [0.2, 0.25) is 0 Å². The van der Waals surface area contributed by atoms with Gasteiger partial charge in [0, 0.05) is 26.4 Å². The molecule has 0 unspecified atom stereocenters. The van der Waals surface area contributed by atoms with Gasteiger partial charge in [0.05, 0.1) is 6.61 Å². The van der Waals surface area contributed by atoms with Crippen molar-refractivity contribution in [3.8, 4) is 0 Å². The maximum atomic E-state index is 13.5. The van der Waals surface area contributed by atoms with Crippen molar-refractivity contribution in [2.75, 3.05) is 32.1 Å². The Morgan fingerprint density at radius 3 is 2.87 bits per heavy atom. The van der Waals surface area contributed by atoms with Gasteiger partial charge in [0.15, 0.2) is 0 Å². The van der Waals surface area contributed by atoms with Crippen molar-refractivity contribution < 1.29 is 13.9 Å². The number of nitrogens with zero attached hydrogens (tertiary/aromatic N) is 2. The van der Waals surface area contributed by atoms with E-state index in [1.807, 2.05) is 0 Å². The van der Waals surface area contributed by atoms with E-state index >= 15 is 0 Å². The minimum absolute atomic E-state index is 0.235. The molecule has 0 fully saturated rings. The van der Waals surface area contributed by atoms with Gasteiger partial charge in [-0.3, -0.25) is 4.79 Å². The zero-order valence-electron chi connectivity index (χ0n) is 12.9. The van der Waals surface area contributed by atoms with Crippen LogP contribution in [-0.4, -0.2) is 42.7 Å². The highest BCUT2D eigenvalue weighted by atomic mass is 19.1. The summed E-state index contributed by atoms with van der Waals surface area (Å²) in [5.74, 6) is -0.191. The topological polar surface area (TPSA) is 76.1 Å². The number of hydrogen-bond acceptors (Lipinski definition) is 5. The predicted molar refractivity (Wildman–Crippen MR) is 84.8 cm³/mol. The summed E-state index contributed by atoms with van der Waals surface area (Å²) in [4.78, 5) is 20.1. The number of halogens is 1. The number of rotatable bonds is 8. The first-order valence-electron chi connectivity index (χ1n) is 7.28. The SMILES string of the molecule is COCCNC(=O)c1ccnc(NCCc2ccccc2F)n1. The van der Waals surface area contributed by atoms with Gasteiger partial charge in [-0.15, -0.1) is 0 Å². The van der Waals surface area contributed by atoms with Crippen LogP contribution in [0, 0.1) is 5.82 Å². The van der Waals surface area contributed by atoms with Crippen LogP contribution in [0.3, 0.4) is 0 Å². The molecule has 0 aliphatic rings. The van der Waals surface area contributed by atoms with Crippen LogP contribution in [0.5, 0.6) is 0 Å². The molecule has 23 heavy (non-hydrogen) atoms. The van der Waals surface area contributed by atoms with Gasteiger partial charge >= 0.3 is 0 Å². The predicted octanol–water partition coefficient (Wildman–Crippen LogP) is 1.65. The van der Waals surface area contributed by atoms with Crippen molar-refractivity contribution in [1.82, 2.24) is 15.3 Å². The molecular formula is C16H19FN4O2. The summed E-state index contributed by atoms with van der Waals surface area (Å²) in [6.45, 7) is 1.32. The van der Waals surface area contributed by atoms with E-state index in [1.54, 1.807) is 25.3 Å². The molecule has 122 valence electrons. The summed E-state index contributed by atoms with van der Waals surface area (Å²) in [6.07, 6.45) is 2.00. The number of ether oxygens (including phenoxy) is 1. The smallest absolute Gasteiger partial charge is 0.270 e. The van der Waals surface area contributed by atoms with Crippen molar-refractivity contribution in [3.05, 3.63) is 53.6 Å². The maximum Gasteiger partial charge on any atom is 0.270 e. The normalized spacial score (nSPS) is 10.3. The molecule has 0 spiro atoms. The van der Waals surface area contributed by atoms with Crippen LogP contribution in [0.4, 0.5) is 10.3 Å². The molecule has 2 aromatic rings. The summed E-state index contributed by atoms with van der Waals surface area (Å²) >= 11 is 0. The van der Waals surface area contributed by atoms with Gasteiger partial charge in [-0.25, -0.2) is 14.4 Å². The van der Waals surface area contributed by atoms with Gasteiger partial charge in [0.25, 0.3) is 5.91 Å². The maximum absolute atomic E-state index is 13.5. The second-order valence-electron chi connectivity index (χ2n) is 4.78. The zero-order valence-corrected chi connectivity index (χ0v) is 12.9. The van der Waals surface area contributed by atoms with Crippen molar-refractivity contribution in [2.24, 2.45) is 0 Å². The fraction of sp³-hybridized carbons (Fsp3) is 0.312. The van der Waals surface area contributed by atoms with Crippen molar-refractivity contribution >= 4 is 11.9 Å². The lowest BCUT2D eigenvalue weighted by Gasteiger charge is -2.07. The molecule has 1 aromatic heterocycles. The lowest BCUT2D eigenvalue weighted by molar-refractivity contribution is 0.0932. The molecule has 6 nitrogen and oxygen atoms in total. The van der Waals surface area contributed by atoms with E-state index in [1.165, 1.54) is 18.3 Å².